The summed E-state index contributed by atoms with van der Waals surface area (Å²) in [5.74, 6) is 0. The summed E-state index contributed by atoms with van der Waals surface area (Å²) in [4.78, 5) is -0.373. The van der Waals surface area contributed by atoms with Crippen molar-refractivity contribution in [3.05, 3.63) is 29.3 Å². The third kappa shape index (κ3) is 3.65. The molecular formula is C14H16F3N3O2S. The van der Waals surface area contributed by atoms with Crippen molar-refractivity contribution in [3.8, 4) is 6.07 Å². The molecule has 0 amide bonds. The van der Waals surface area contributed by atoms with Crippen LogP contribution >= 0.6 is 0 Å². The van der Waals surface area contributed by atoms with Gasteiger partial charge in [-0.25, -0.2) is 13.1 Å². The average Bonchev–Trinajstić information content (AvgIpc) is 2.94. The predicted molar refractivity (Wildman–Crippen MR) is 76.7 cm³/mol. The van der Waals surface area contributed by atoms with Crippen LogP contribution < -0.4 is 10.5 Å². The van der Waals surface area contributed by atoms with Crippen LogP contribution in [0.25, 0.3) is 0 Å². The summed E-state index contributed by atoms with van der Waals surface area (Å²) in [5, 5.41) is 8.87. The van der Waals surface area contributed by atoms with Crippen LogP contribution in [-0.2, 0) is 16.2 Å². The second kappa shape index (κ2) is 6.11. The van der Waals surface area contributed by atoms with E-state index < -0.39 is 32.9 Å². The molecule has 0 saturated heterocycles. The number of nitrogens with two attached hydrogens (primary N) is 1. The van der Waals surface area contributed by atoms with Gasteiger partial charge in [0.25, 0.3) is 0 Å². The van der Waals surface area contributed by atoms with Gasteiger partial charge in [0.15, 0.2) is 0 Å². The van der Waals surface area contributed by atoms with E-state index in [1.165, 1.54) is 6.07 Å². The maximum absolute atomic E-state index is 12.8. The standard InChI is InChI=1S/C14H16F3N3O2S/c15-14(16,17)12-4-3-11(7-10(12)8-18)23(21,22)20-13(9-19)5-1-2-6-13/h3-4,7,20H,1-2,5-6,9,19H2. The zero-order chi connectivity index (χ0) is 17.3. The average molecular weight is 347 g/mol. The van der Waals surface area contributed by atoms with E-state index in [0.29, 0.717) is 18.9 Å². The molecule has 0 radical (unpaired) electrons. The van der Waals surface area contributed by atoms with E-state index in [9.17, 15) is 21.6 Å². The summed E-state index contributed by atoms with van der Waals surface area (Å²) >= 11 is 0. The topological polar surface area (TPSA) is 96.0 Å². The fraction of sp³-hybridized carbons (Fsp3) is 0.500. The van der Waals surface area contributed by atoms with Gasteiger partial charge < -0.3 is 5.73 Å². The van der Waals surface area contributed by atoms with E-state index in [-0.39, 0.29) is 11.4 Å². The summed E-state index contributed by atoms with van der Waals surface area (Å²) in [6.07, 6.45) is -1.90. The molecular weight excluding hydrogens is 331 g/mol. The minimum atomic E-state index is -4.72. The van der Waals surface area contributed by atoms with Gasteiger partial charge in [-0.15, -0.1) is 0 Å². The number of alkyl halides is 3. The number of benzene rings is 1. The summed E-state index contributed by atoms with van der Waals surface area (Å²) < 4.78 is 65.7. The first-order valence-corrected chi connectivity index (χ1v) is 8.47. The van der Waals surface area contributed by atoms with Crippen molar-refractivity contribution in [1.82, 2.24) is 4.72 Å². The molecule has 0 aliphatic heterocycles. The lowest BCUT2D eigenvalue weighted by Gasteiger charge is -2.28. The van der Waals surface area contributed by atoms with Gasteiger partial charge in [-0.1, -0.05) is 12.8 Å². The van der Waals surface area contributed by atoms with Gasteiger partial charge in [-0.05, 0) is 31.0 Å². The third-order valence-corrected chi connectivity index (χ3v) is 5.61. The normalized spacial score (nSPS) is 17.9. The molecule has 1 aliphatic rings. The number of hydrogen-bond acceptors (Lipinski definition) is 4. The molecule has 3 N–H and O–H groups in total. The number of nitrogens with zero attached hydrogens (tertiary/aromatic N) is 1. The van der Waals surface area contributed by atoms with Crippen molar-refractivity contribution in [2.45, 2.75) is 42.3 Å². The number of sulfonamides is 1. The largest absolute Gasteiger partial charge is 0.417 e. The SMILES string of the molecule is N#Cc1cc(S(=O)(=O)NC2(CN)CCCC2)ccc1C(F)(F)F. The molecule has 1 aromatic rings. The number of halogens is 3. The van der Waals surface area contributed by atoms with Gasteiger partial charge in [0.2, 0.25) is 10.0 Å². The highest BCUT2D eigenvalue weighted by molar-refractivity contribution is 7.89. The van der Waals surface area contributed by atoms with Gasteiger partial charge >= 0.3 is 6.18 Å². The maximum atomic E-state index is 12.8. The molecule has 0 unspecified atom stereocenters. The third-order valence-electron chi connectivity index (χ3n) is 4.03. The second-order valence-electron chi connectivity index (χ2n) is 5.61. The number of nitrogens with one attached hydrogen (secondary N) is 1. The highest BCUT2D eigenvalue weighted by atomic mass is 32.2. The molecule has 0 heterocycles. The molecule has 0 aromatic heterocycles. The fourth-order valence-electron chi connectivity index (χ4n) is 2.77. The number of nitriles is 1. The van der Waals surface area contributed by atoms with Gasteiger partial charge in [0, 0.05) is 12.1 Å². The zero-order valence-corrected chi connectivity index (χ0v) is 13.0. The lowest BCUT2D eigenvalue weighted by atomic mass is 10.0. The number of rotatable bonds is 4. The van der Waals surface area contributed by atoms with Crippen LogP contribution in [0.4, 0.5) is 13.2 Å². The predicted octanol–water partition coefficient (Wildman–Crippen LogP) is 2.13. The molecule has 0 bridgehead atoms. The van der Waals surface area contributed by atoms with E-state index in [4.69, 9.17) is 11.0 Å². The zero-order valence-electron chi connectivity index (χ0n) is 12.2. The lowest BCUT2D eigenvalue weighted by Crippen LogP contribution is -2.51. The van der Waals surface area contributed by atoms with Gasteiger partial charge in [-0.3, -0.25) is 0 Å². The van der Waals surface area contributed by atoms with E-state index in [1.807, 2.05) is 0 Å². The quantitative estimate of drug-likeness (QED) is 0.872. The first-order chi connectivity index (χ1) is 10.6. The molecule has 1 fully saturated rings. The molecule has 9 heteroatoms. The van der Waals surface area contributed by atoms with E-state index in [2.05, 4.69) is 4.72 Å². The monoisotopic (exact) mass is 347 g/mol. The molecule has 1 aromatic carbocycles. The maximum Gasteiger partial charge on any atom is 0.417 e. The first kappa shape index (κ1) is 17.7. The first-order valence-electron chi connectivity index (χ1n) is 6.99. The molecule has 0 atom stereocenters. The van der Waals surface area contributed by atoms with Gasteiger partial charge in [-0.2, -0.15) is 18.4 Å². The van der Waals surface area contributed by atoms with Crippen LogP contribution in [0.1, 0.15) is 36.8 Å². The highest BCUT2D eigenvalue weighted by Crippen LogP contribution is 2.34. The molecule has 1 aliphatic carbocycles. The Balaban J connectivity index is 2.39. The minimum absolute atomic E-state index is 0.109. The molecule has 23 heavy (non-hydrogen) atoms. The van der Waals surface area contributed by atoms with E-state index >= 15 is 0 Å². The van der Waals surface area contributed by atoms with Crippen molar-refractivity contribution in [1.29, 1.82) is 5.26 Å². The Bertz CT molecular complexity index is 733. The molecule has 5 nitrogen and oxygen atoms in total. The Morgan fingerprint density at radius 2 is 1.91 bits per heavy atom. The van der Waals surface area contributed by atoms with Crippen molar-refractivity contribution in [3.63, 3.8) is 0 Å². The summed E-state index contributed by atoms with van der Waals surface area (Å²) in [6.45, 7) is 0.109. The van der Waals surface area contributed by atoms with Crippen LogP contribution in [0.3, 0.4) is 0 Å². The van der Waals surface area contributed by atoms with E-state index in [1.54, 1.807) is 0 Å². The summed E-state index contributed by atoms with van der Waals surface area (Å²) in [5.41, 5.74) is 3.01. The second-order valence-corrected chi connectivity index (χ2v) is 7.30. The van der Waals surface area contributed by atoms with Crippen molar-refractivity contribution >= 4 is 10.0 Å². The molecule has 2 rings (SSSR count). The Kier molecular flexibility index (Phi) is 4.71. The van der Waals surface area contributed by atoms with Gasteiger partial charge in [0.05, 0.1) is 22.1 Å². The molecule has 1 saturated carbocycles. The smallest absolute Gasteiger partial charge is 0.329 e. The Labute approximate surface area is 132 Å². The Morgan fingerprint density at radius 3 is 2.39 bits per heavy atom. The van der Waals surface area contributed by atoms with Crippen molar-refractivity contribution in [2.75, 3.05) is 6.54 Å². The van der Waals surface area contributed by atoms with E-state index in [0.717, 1.165) is 25.0 Å². The molecule has 0 spiro atoms. The summed E-state index contributed by atoms with van der Waals surface area (Å²) in [6, 6.07) is 3.60. The van der Waals surface area contributed by atoms with Crippen molar-refractivity contribution in [2.24, 2.45) is 5.73 Å². The summed E-state index contributed by atoms with van der Waals surface area (Å²) in [7, 11) is -4.06. The Morgan fingerprint density at radius 1 is 1.30 bits per heavy atom. The van der Waals surface area contributed by atoms with Crippen molar-refractivity contribution < 1.29 is 21.6 Å². The molecule has 126 valence electrons. The Hall–Kier alpha value is -1.63. The lowest BCUT2D eigenvalue weighted by molar-refractivity contribution is -0.137. The fourth-order valence-corrected chi connectivity index (χ4v) is 4.27. The van der Waals surface area contributed by atoms with Gasteiger partial charge in [0.1, 0.15) is 0 Å². The van der Waals surface area contributed by atoms with Crippen LogP contribution in [0.2, 0.25) is 0 Å². The minimum Gasteiger partial charge on any atom is -0.329 e. The van der Waals surface area contributed by atoms with Crippen LogP contribution in [-0.4, -0.2) is 20.5 Å². The van der Waals surface area contributed by atoms with Crippen LogP contribution in [0, 0.1) is 11.3 Å². The van der Waals surface area contributed by atoms with Crippen LogP contribution in [0.5, 0.6) is 0 Å². The highest BCUT2D eigenvalue weighted by Gasteiger charge is 2.38. The van der Waals surface area contributed by atoms with Crippen LogP contribution in [0.15, 0.2) is 23.1 Å². The number of hydrogen-bond donors (Lipinski definition) is 2.